The molecule has 0 aliphatic carbocycles. The van der Waals surface area contributed by atoms with Crippen molar-refractivity contribution in [3.63, 3.8) is 0 Å². The van der Waals surface area contributed by atoms with Crippen molar-refractivity contribution >= 4 is 17.9 Å². The fourth-order valence-corrected chi connectivity index (χ4v) is 9.06. The first-order valence-electron chi connectivity index (χ1n) is 23.8. The summed E-state index contributed by atoms with van der Waals surface area (Å²) >= 11 is 0. The molecule has 0 N–H and O–H groups in total. The molecule has 2 atom stereocenters. The van der Waals surface area contributed by atoms with Crippen molar-refractivity contribution in [2.45, 2.75) is 29.5 Å². The molecule has 0 fully saturated rings. The van der Waals surface area contributed by atoms with Gasteiger partial charge in [0.05, 0.1) is 29.9 Å². The lowest BCUT2D eigenvalue weighted by atomic mass is 9.80. The Morgan fingerprint density at radius 1 is 0.278 bits per heavy atom. The molecule has 0 spiro atoms. The van der Waals surface area contributed by atoms with Gasteiger partial charge >= 0.3 is 17.9 Å². The Kier molecular flexibility index (Phi) is 15.6. The van der Waals surface area contributed by atoms with Crippen LogP contribution in [0.15, 0.2) is 273 Å². The average molecular weight is 949 g/mol. The first-order chi connectivity index (χ1) is 35.5. The van der Waals surface area contributed by atoms with Crippen molar-refractivity contribution in [2.24, 2.45) is 0 Å². The molecule has 0 saturated heterocycles. The van der Waals surface area contributed by atoms with Crippen LogP contribution in [0.3, 0.4) is 0 Å². The van der Waals surface area contributed by atoms with Gasteiger partial charge in [0.1, 0.15) is 11.2 Å². The highest BCUT2D eigenvalue weighted by Crippen LogP contribution is 2.43. The van der Waals surface area contributed by atoms with E-state index in [2.05, 4.69) is 0 Å². The predicted octanol–water partition coefficient (Wildman–Crippen LogP) is 12.7. The Hall–Kier alpha value is -8.69. The standard InChI is InChI=1S/C64H52O8/c65-60(48-28-10-1-11-29-48)70-57(46-68-63(51-34-16-4-17-35-51,52-36-18-5-19-37-52)53-38-20-6-21-39-53)59(72-62(67)50-32-14-3-15-33-50)58(71-61(66)49-30-12-2-13-31-49)47-69-64(54-40-22-7-23-41-54,55-42-24-8-25-43-55)56-44-26-9-27-45-56/h1-45,57-59H,46-47H2/t57-,58-/m1/s1. The lowest BCUT2D eigenvalue weighted by Gasteiger charge is -2.40. The normalized spacial score (nSPS) is 12.3. The van der Waals surface area contributed by atoms with Crippen LogP contribution < -0.4 is 0 Å². The van der Waals surface area contributed by atoms with Gasteiger partial charge in [0.25, 0.3) is 0 Å². The van der Waals surface area contributed by atoms with Gasteiger partial charge in [-0.15, -0.1) is 0 Å². The lowest BCUT2D eigenvalue weighted by molar-refractivity contribution is -0.143. The number of carbonyl (C=O) groups excluding carboxylic acids is 3. The van der Waals surface area contributed by atoms with Crippen LogP contribution in [0.25, 0.3) is 0 Å². The van der Waals surface area contributed by atoms with Crippen LogP contribution >= 0.6 is 0 Å². The molecule has 72 heavy (non-hydrogen) atoms. The first-order valence-corrected chi connectivity index (χ1v) is 23.8. The van der Waals surface area contributed by atoms with Crippen LogP contribution in [0.1, 0.15) is 64.5 Å². The minimum Gasteiger partial charge on any atom is -0.452 e. The van der Waals surface area contributed by atoms with E-state index in [0.29, 0.717) is 0 Å². The smallest absolute Gasteiger partial charge is 0.338 e. The summed E-state index contributed by atoms with van der Waals surface area (Å²) in [7, 11) is 0. The second-order valence-corrected chi connectivity index (χ2v) is 17.0. The van der Waals surface area contributed by atoms with Gasteiger partial charge in [-0.05, 0) is 69.8 Å². The molecule has 8 heteroatoms. The summed E-state index contributed by atoms with van der Waals surface area (Å²) < 4.78 is 34.7. The highest BCUT2D eigenvalue weighted by atomic mass is 16.6. The molecule has 0 aliphatic rings. The van der Waals surface area contributed by atoms with Crippen LogP contribution in [0.4, 0.5) is 0 Å². The minimum atomic E-state index is -1.57. The van der Waals surface area contributed by atoms with E-state index in [-0.39, 0.29) is 29.9 Å². The van der Waals surface area contributed by atoms with E-state index in [4.69, 9.17) is 23.7 Å². The molecule has 0 heterocycles. The van der Waals surface area contributed by atoms with Gasteiger partial charge in [-0.1, -0.05) is 237 Å². The number of hydrogen-bond donors (Lipinski definition) is 0. The summed E-state index contributed by atoms with van der Waals surface area (Å²) in [6.45, 7) is -0.769. The van der Waals surface area contributed by atoms with Crippen LogP contribution in [0, 0.1) is 0 Å². The average Bonchev–Trinajstić information content (AvgIpc) is 3.46. The molecule has 0 saturated carbocycles. The number of hydrogen-bond acceptors (Lipinski definition) is 8. The molecular weight excluding hydrogens is 897 g/mol. The third-order valence-electron chi connectivity index (χ3n) is 12.5. The lowest BCUT2D eigenvalue weighted by Crippen LogP contribution is -2.51. The number of rotatable bonds is 20. The summed E-state index contributed by atoms with van der Waals surface area (Å²) in [5.41, 5.74) is 2.74. The summed E-state index contributed by atoms with van der Waals surface area (Å²) in [5, 5.41) is 0. The Morgan fingerprint density at radius 3 is 0.694 bits per heavy atom. The van der Waals surface area contributed by atoms with Gasteiger partial charge in [-0.2, -0.15) is 0 Å². The maximum absolute atomic E-state index is 14.7. The number of benzene rings is 9. The molecule has 0 bridgehead atoms. The first kappa shape index (κ1) is 48.3. The van der Waals surface area contributed by atoms with E-state index in [1.54, 1.807) is 91.0 Å². The Labute approximate surface area is 420 Å². The summed E-state index contributed by atoms with van der Waals surface area (Å²) in [4.78, 5) is 44.0. The molecular formula is C64H52O8. The highest BCUT2D eigenvalue weighted by molar-refractivity contribution is 5.91. The molecule has 0 aromatic heterocycles. The fraction of sp³-hybridized carbons (Fsp3) is 0.109. The maximum atomic E-state index is 14.7. The van der Waals surface area contributed by atoms with E-state index >= 15 is 0 Å². The van der Waals surface area contributed by atoms with Crippen LogP contribution in [-0.2, 0) is 34.9 Å². The Morgan fingerprint density at radius 2 is 0.472 bits per heavy atom. The van der Waals surface area contributed by atoms with Crippen molar-refractivity contribution in [3.05, 3.63) is 323 Å². The van der Waals surface area contributed by atoms with E-state index < -0.39 is 47.4 Å². The van der Waals surface area contributed by atoms with Gasteiger partial charge in [-0.25, -0.2) is 14.4 Å². The van der Waals surface area contributed by atoms with E-state index in [9.17, 15) is 14.4 Å². The summed E-state index contributed by atoms with van der Waals surface area (Å²) in [5.74, 6) is -2.21. The zero-order chi connectivity index (χ0) is 49.4. The highest BCUT2D eigenvalue weighted by Gasteiger charge is 2.46. The monoisotopic (exact) mass is 948 g/mol. The fourth-order valence-electron chi connectivity index (χ4n) is 9.06. The molecule has 9 aromatic rings. The molecule has 8 nitrogen and oxygen atoms in total. The van der Waals surface area contributed by atoms with Crippen LogP contribution in [0.2, 0.25) is 0 Å². The largest absolute Gasteiger partial charge is 0.452 e. The number of carbonyl (C=O) groups is 3. The third-order valence-corrected chi connectivity index (χ3v) is 12.5. The number of ether oxygens (including phenoxy) is 5. The van der Waals surface area contributed by atoms with E-state index in [1.807, 2.05) is 182 Å². The van der Waals surface area contributed by atoms with Gasteiger partial charge < -0.3 is 23.7 Å². The van der Waals surface area contributed by atoms with Crippen molar-refractivity contribution < 1.29 is 38.1 Å². The van der Waals surface area contributed by atoms with Crippen molar-refractivity contribution in [2.75, 3.05) is 13.2 Å². The predicted molar refractivity (Wildman–Crippen MR) is 277 cm³/mol. The second kappa shape index (κ2) is 23.3. The van der Waals surface area contributed by atoms with Crippen LogP contribution in [-0.4, -0.2) is 49.4 Å². The summed E-state index contributed by atoms with van der Waals surface area (Å²) in [6, 6.07) is 84.1. The topological polar surface area (TPSA) is 97.4 Å². The molecule has 0 amide bonds. The van der Waals surface area contributed by atoms with Gasteiger partial charge in [-0.3, -0.25) is 0 Å². The zero-order valence-corrected chi connectivity index (χ0v) is 39.4. The second-order valence-electron chi connectivity index (χ2n) is 17.0. The van der Waals surface area contributed by atoms with Gasteiger partial charge in [0.2, 0.25) is 0 Å². The van der Waals surface area contributed by atoms with Gasteiger partial charge in [0.15, 0.2) is 18.3 Å². The third kappa shape index (κ3) is 10.9. The van der Waals surface area contributed by atoms with Crippen molar-refractivity contribution in [1.82, 2.24) is 0 Å². The van der Waals surface area contributed by atoms with Crippen LogP contribution in [0.5, 0.6) is 0 Å². The summed E-state index contributed by atoms with van der Waals surface area (Å²) in [6.07, 6.45) is -4.49. The zero-order valence-electron chi connectivity index (χ0n) is 39.4. The molecule has 9 aromatic carbocycles. The molecule has 0 radical (unpaired) electrons. The molecule has 9 rings (SSSR count). The minimum absolute atomic E-state index is 0.213. The SMILES string of the molecule is O=C(OC([C@@H](COC(c1ccccc1)(c1ccccc1)c1ccccc1)OC(=O)c1ccccc1)[C@@H](COC(c1ccccc1)(c1ccccc1)c1ccccc1)OC(=O)c1ccccc1)c1ccccc1. The van der Waals surface area contributed by atoms with E-state index in [1.165, 1.54) is 0 Å². The Bertz CT molecular complexity index is 2710. The van der Waals surface area contributed by atoms with Gasteiger partial charge in [0, 0.05) is 0 Å². The number of esters is 3. The van der Waals surface area contributed by atoms with Crippen molar-refractivity contribution in [3.8, 4) is 0 Å². The Balaban J connectivity index is 1.24. The van der Waals surface area contributed by atoms with Crippen molar-refractivity contribution in [1.29, 1.82) is 0 Å². The quantitative estimate of drug-likeness (QED) is 0.0423. The maximum Gasteiger partial charge on any atom is 0.338 e. The van der Waals surface area contributed by atoms with E-state index in [0.717, 1.165) is 33.4 Å². The molecule has 0 aliphatic heterocycles. The molecule has 0 unspecified atom stereocenters. The molecule has 356 valence electrons.